The summed E-state index contributed by atoms with van der Waals surface area (Å²) in [5.74, 6) is 0.796. The maximum Gasteiger partial charge on any atom is 0.340 e. The Bertz CT molecular complexity index is 1170. The van der Waals surface area contributed by atoms with E-state index in [1.54, 1.807) is 12.1 Å². The number of esters is 1. The summed E-state index contributed by atoms with van der Waals surface area (Å²) >= 11 is 2.58. The number of aromatic nitrogens is 3. The van der Waals surface area contributed by atoms with E-state index < -0.39 is 5.97 Å². The monoisotopic (exact) mass is 486 g/mol. The van der Waals surface area contributed by atoms with Crippen LogP contribution >= 0.6 is 23.1 Å². The number of allylic oxidation sites excluding steroid dienone is 1. The molecule has 0 radical (unpaired) electrons. The number of carbonyl (C=O) groups excluding carboxylic acids is 2. The number of nitrogens with zero attached hydrogens (tertiary/aromatic N) is 3. The molecule has 0 saturated carbocycles. The van der Waals surface area contributed by atoms with Crippen molar-refractivity contribution in [2.75, 3.05) is 18.2 Å². The fourth-order valence-electron chi connectivity index (χ4n) is 3.03. The Morgan fingerprint density at radius 2 is 2.06 bits per heavy atom. The molecule has 0 fully saturated rings. The van der Waals surface area contributed by atoms with Crippen LogP contribution in [0.25, 0.3) is 0 Å². The number of ether oxygens (including phenoxy) is 2. The minimum atomic E-state index is -0.485. The zero-order chi connectivity index (χ0) is 24.0. The number of aryl methyl sites for hydroxylation is 2. The maximum absolute atomic E-state index is 12.5. The lowest BCUT2D eigenvalue weighted by atomic mass is 10.1. The number of rotatable bonds is 10. The molecule has 174 valence electrons. The molecule has 1 aromatic carbocycles. The third kappa shape index (κ3) is 6.02. The number of benzene rings is 1. The Labute approximate surface area is 201 Å². The lowest BCUT2D eigenvalue weighted by Gasteiger charge is -2.12. The van der Waals surface area contributed by atoms with E-state index in [0.717, 1.165) is 21.8 Å². The van der Waals surface area contributed by atoms with Crippen molar-refractivity contribution in [1.82, 2.24) is 14.8 Å². The van der Waals surface area contributed by atoms with Crippen molar-refractivity contribution in [3.63, 3.8) is 0 Å². The van der Waals surface area contributed by atoms with Gasteiger partial charge in [0, 0.05) is 11.4 Å². The van der Waals surface area contributed by atoms with Crippen molar-refractivity contribution in [2.45, 2.75) is 39.1 Å². The average molecular weight is 487 g/mol. The van der Waals surface area contributed by atoms with Crippen LogP contribution in [0.2, 0.25) is 0 Å². The van der Waals surface area contributed by atoms with Crippen LogP contribution < -0.4 is 10.1 Å². The van der Waals surface area contributed by atoms with Gasteiger partial charge in [0.2, 0.25) is 5.91 Å². The largest absolute Gasteiger partial charge is 0.485 e. The van der Waals surface area contributed by atoms with Crippen LogP contribution in [0.5, 0.6) is 5.75 Å². The molecule has 2 heterocycles. The summed E-state index contributed by atoms with van der Waals surface area (Å²) in [6.45, 7) is 10.4. The van der Waals surface area contributed by atoms with Gasteiger partial charge in [-0.15, -0.1) is 28.1 Å². The number of hydrogen-bond donors (Lipinski definition) is 1. The second-order valence-corrected chi connectivity index (χ2v) is 9.41. The Morgan fingerprint density at radius 3 is 2.79 bits per heavy atom. The number of methoxy groups -OCH3 is 1. The molecule has 2 aromatic heterocycles. The molecule has 0 spiro atoms. The molecule has 0 aliphatic carbocycles. The zero-order valence-electron chi connectivity index (χ0n) is 19.0. The topological polar surface area (TPSA) is 95.3 Å². The van der Waals surface area contributed by atoms with Crippen molar-refractivity contribution in [3.8, 4) is 5.75 Å². The molecule has 1 N–H and O–H groups in total. The average Bonchev–Trinajstić information content (AvgIpc) is 3.35. The highest BCUT2D eigenvalue weighted by molar-refractivity contribution is 7.99. The van der Waals surface area contributed by atoms with Gasteiger partial charge in [0.15, 0.2) is 11.0 Å². The van der Waals surface area contributed by atoms with Gasteiger partial charge < -0.3 is 14.8 Å². The third-order valence-electron chi connectivity index (χ3n) is 4.86. The Morgan fingerprint density at radius 1 is 1.27 bits per heavy atom. The van der Waals surface area contributed by atoms with Gasteiger partial charge in [0.25, 0.3) is 0 Å². The summed E-state index contributed by atoms with van der Waals surface area (Å²) in [4.78, 5) is 25.4. The summed E-state index contributed by atoms with van der Waals surface area (Å²) in [5.41, 5.74) is 2.58. The molecule has 0 unspecified atom stereocenters. The number of anilines is 1. The van der Waals surface area contributed by atoms with Crippen molar-refractivity contribution in [3.05, 3.63) is 64.3 Å². The highest BCUT2D eigenvalue weighted by atomic mass is 32.2. The zero-order valence-corrected chi connectivity index (χ0v) is 20.6. The van der Waals surface area contributed by atoms with E-state index in [1.165, 1.54) is 30.2 Å². The minimum Gasteiger partial charge on any atom is -0.485 e. The number of amides is 1. The number of hydrogen-bond acceptors (Lipinski definition) is 8. The van der Waals surface area contributed by atoms with E-state index >= 15 is 0 Å². The van der Waals surface area contributed by atoms with Crippen molar-refractivity contribution in [2.24, 2.45) is 0 Å². The molecule has 3 aromatic rings. The molecule has 3 rings (SSSR count). The number of carbonyl (C=O) groups is 2. The van der Waals surface area contributed by atoms with E-state index in [9.17, 15) is 9.59 Å². The van der Waals surface area contributed by atoms with E-state index in [2.05, 4.69) is 22.1 Å². The predicted molar refractivity (Wildman–Crippen MR) is 130 cm³/mol. The number of nitrogens with one attached hydrogen (secondary N) is 1. The highest BCUT2D eigenvalue weighted by Gasteiger charge is 2.19. The van der Waals surface area contributed by atoms with Gasteiger partial charge in [-0.05, 0) is 44.0 Å². The first-order valence-electron chi connectivity index (χ1n) is 10.2. The van der Waals surface area contributed by atoms with Crippen molar-refractivity contribution < 1.29 is 19.1 Å². The second-order valence-electron chi connectivity index (χ2n) is 7.21. The van der Waals surface area contributed by atoms with E-state index in [-0.39, 0.29) is 18.3 Å². The van der Waals surface area contributed by atoms with Gasteiger partial charge in [-0.25, -0.2) is 4.79 Å². The number of thiophene rings is 1. The predicted octanol–water partition coefficient (Wildman–Crippen LogP) is 4.55. The van der Waals surface area contributed by atoms with Gasteiger partial charge in [-0.2, -0.15) is 0 Å². The Hall–Kier alpha value is -3.11. The third-order valence-corrected chi connectivity index (χ3v) is 6.80. The van der Waals surface area contributed by atoms with Crippen LogP contribution in [-0.2, 0) is 22.7 Å². The van der Waals surface area contributed by atoms with Crippen molar-refractivity contribution in [1.29, 1.82) is 0 Å². The van der Waals surface area contributed by atoms with Crippen LogP contribution in [0.3, 0.4) is 0 Å². The Kier molecular flexibility index (Phi) is 8.29. The van der Waals surface area contributed by atoms with Crippen LogP contribution in [0.15, 0.2) is 42.1 Å². The standard InChI is InChI=1S/C23H26N4O4S2/c1-6-10-27-19(12-31-18-9-7-8-14(2)16(18)4)25-26-23(27)32-13-20(28)24-21-17(22(29)30-5)11-15(3)33-21/h6-9,11H,1,10,12-13H2,2-5H3,(H,24,28). The molecule has 0 bridgehead atoms. The summed E-state index contributed by atoms with van der Waals surface area (Å²) < 4.78 is 12.6. The first kappa shape index (κ1) is 24.5. The lowest BCUT2D eigenvalue weighted by Crippen LogP contribution is -2.16. The molecule has 0 saturated heterocycles. The maximum atomic E-state index is 12.5. The van der Waals surface area contributed by atoms with Crippen LogP contribution in [0.1, 0.15) is 32.2 Å². The van der Waals surface area contributed by atoms with Gasteiger partial charge in [-0.3, -0.25) is 9.36 Å². The Balaban J connectivity index is 1.66. The number of thioether (sulfide) groups is 1. The molecule has 0 aliphatic rings. The SMILES string of the molecule is C=CCn1c(COc2cccc(C)c2C)nnc1SCC(=O)Nc1sc(C)cc1C(=O)OC. The summed E-state index contributed by atoms with van der Waals surface area (Å²) in [7, 11) is 1.31. The minimum absolute atomic E-state index is 0.102. The summed E-state index contributed by atoms with van der Waals surface area (Å²) in [6, 6.07) is 7.61. The van der Waals surface area contributed by atoms with Gasteiger partial charge in [-0.1, -0.05) is 30.0 Å². The highest BCUT2D eigenvalue weighted by Crippen LogP contribution is 2.29. The molecule has 33 heavy (non-hydrogen) atoms. The van der Waals surface area contributed by atoms with Gasteiger partial charge >= 0.3 is 5.97 Å². The molecule has 8 nitrogen and oxygen atoms in total. The van der Waals surface area contributed by atoms with E-state index in [0.29, 0.717) is 28.1 Å². The molecule has 10 heteroatoms. The van der Waals surface area contributed by atoms with Gasteiger partial charge in [0.05, 0.1) is 18.4 Å². The summed E-state index contributed by atoms with van der Waals surface area (Å²) in [5, 5.41) is 12.3. The normalized spacial score (nSPS) is 10.7. The first-order chi connectivity index (χ1) is 15.8. The first-order valence-corrected chi connectivity index (χ1v) is 12.0. The van der Waals surface area contributed by atoms with Gasteiger partial charge in [0.1, 0.15) is 17.4 Å². The molecule has 0 aliphatic heterocycles. The smallest absolute Gasteiger partial charge is 0.340 e. The molecule has 0 atom stereocenters. The fraction of sp³-hybridized carbons (Fsp3) is 0.304. The van der Waals surface area contributed by atoms with Crippen LogP contribution in [0, 0.1) is 20.8 Å². The summed E-state index contributed by atoms with van der Waals surface area (Å²) in [6.07, 6.45) is 1.74. The quantitative estimate of drug-likeness (QED) is 0.255. The molecular formula is C23H26N4O4S2. The lowest BCUT2D eigenvalue weighted by molar-refractivity contribution is -0.113. The van der Waals surface area contributed by atoms with E-state index in [1.807, 2.05) is 43.5 Å². The van der Waals surface area contributed by atoms with E-state index in [4.69, 9.17) is 9.47 Å². The van der Waals surface area contributed by atoms with Crippen LogP contribution in [-0.4, -0.2) is 39.5 Å². The fourth-order valence-corrected chi connectivity index (χ4v) is 4.71. The molecule has 1 amide bonds. The second kappa shape index (κ2) is 11.2. The molecular weight excluding hydrogens is 460 g/mol. The van der Waals surface area contributed by atoms with Crippen molar-refractivity contribution >= 4 is 40.0 Å². The van der Waals surface area contributed by atoms with Crippen LogP contribution in [0.4, 0.5) is 5.00 Å².